The van der Waals surface area contributed by atoms with Gasteiger partial charge >= 0.3 is 11.9 Å². The largest absolute Gasteiger partial charge is 0.462 e. The maximum atomic E-state index is 12.4. The highest BCUT2D eigenvalue weighted by Gasteiger charge is 2.22. The number of carbonyl (C=O) groups is 4. The zero-order valence-electron chi connectivity index (χ0n) is 18.9. The lowest BCUT2D eigenvalue weighted by molar-refractivity contribution is -0.384. The number of benzene rings is 1. The summed E-state index contributed by atoms with van der Waals surface area (Å²) < 4.78 is 9.95. The van der Waals surface area contributed by atoms with Gasteiger partial charge in [0.2, 0.25) is 0 Å². The summed E-state index contributed by atoms with van der Waals surface area (Å²) in [5, 5.41) is 17.7. The highest BCUT2D eigenvalue weighted by atomic mass is 32.1. The maximum absolute atomic E-state index is 12.4. The Morgan fingerprint density at radius 2 is 1.91 bits per heavy atom. The molecule has 12 heteroatoms. The molecule has 0 fully saturated rings. The predicted molar refractivity (Wildman–Crippen MR) is 124 cm³/mol. The van der Waals surface area contributed by atoms with Crippen molar-refractivity contribution in [1.82, 2.24) is 5.32 Å². The molecule has 11 nitrogen and oxygen atoms in total. The first kappa shape index (κ1) is 26.5. The van der Waals surface area contributed by atoms with Crippen molar-refractivity contribution < 1.29 is 33.6 Å². The molecule has 0 aliphatic heterocycles. The predicted octanol–water partition coefficient (Wildman–Crippen LogP) is 2.94. The van der Waals surface area contributed by atoms with E-state index in [0.717, 1.165) is 11.6 Å². The van der Waals surface area contributed by atoms with E-state index in [4.69, 9.17) is 9.47 Å². The summed E-state index contributed by atoms with van der Waals surface area (Å²) in [5.74, 6) is -2.52. The average molecular weight is 492 g/mol. The first-order chi connectivity index (χ1) is 16.1. The monoisotopic (exact) mass is 491 g/mol. The second kappa shape index (κ2) is 12.4. The molecular formula is C22H25N3O8S. The molecule has 0 unspecified atom stereocenters. The third-order valence-electron chi connectivity index (χ3n) is 4.30. The van der Waals surface area contributed by atoms with Gasteiger partial charge in [-0.2, -0.15) is 0 Å². The molecule has 0 radical (unpaired) electrons. The van der Waals surface area contributed by atoms with E-state index in [1.807, 2.05) is 13.8 Å². The lowest BCUT2D eigenvalue weighted by Crippen LogP contribution is -2.32. The summed E-state index contributed by atoms with van der Waals surface area (Å²) in [4.78, 5) is 58.8. The minimum absolute atomic E-state index is 0.00105. The lowest BCUT2D eigenvalue weighted by atomic mass is 10.0. The number of nitro groups is 1. The highest BCUT2D eigenvalue weighted by molar-refractivity contribution is 7.15. The topological polar surface area (TPSA) is 154 Å². The number of nitro benzene ring substituents is 1. The molecule has 0 saturated carbocycles. The number of hydrogen-bond donors (Lipinski definition) is 2. The van der Waals surface area contributed by atoms with Crippen LogP contribution in [0.15, 0.2) is 29.6 Å². The Hall–Kier alpha value is -3.80. The average Bonchev–Trinajstić information content (AvgIpc) is 3.17. The Morgan fingerprint density at radius 1 is 1.18 bits per heavy atom. The van der Waals surface area contributed by atoms with Crippen LogP contribution in [0.3, 0.4) is 0 Å². The van der Waals surface area contributed by atoms with Crippen LogP contribution in [0.25, 0.3) is 0 Å². The number of anilines is 1. The van der Waals surface area contributed by atoms with Crippen molar-refractivity contribution in [3.05, 3.63) is 56.5 Å². The summed E-state index contributed by atoms with van der Waals surface area (Å²) in [6.07, 6.45) is 0.625. The molecule has 0 atom stereocenters. The van der Waals surface area contributed by atoms with Crippen molar-refractivity contribution in [2.24, 2.45) is 5.92 Å². The minimum atomic E-state index is -0.883. The molecular weight excluding hydrogens is 466 g/mol. The van der Waals surface area contributed by atoms with Gasteiger partial charge in [-0.15, -0.1) is 11.3 Å². The molecule has 0 aliphatic rings. The molecule has 1 aromatic carbocycles. The molecule has 2 amide bonds. The quantitative estimate of drug-likeness (QED) is 0.276. The Kier molecular flexibility index (Phi) is 9.68. The summed E-state index contributed by atoms with van der Waals surface area (Å²) in [6, 6.07) is 5.01. The van der Waals surface area contributed by atoms with E-state index < -0.39 is 41.8 Å². The minimum Gasteiger partial charge on any atom is -0.462 e. The Labute approximate surface area is 199 Å². The van der Waals surface area contributed by atoms with E-state index in [9.17, 15) is 29.3 Å². The number of ether oxygens (including phenoxy) is 2. The second-order valence-electron chi connectivity index (χ2n) is 7.48. The number of thiophene rings is 1. The number of esters is 2. The van der Waals surface area contributed by atoms with E-state index in [1.165, 1.54) is 29.5 Å². The zero-order valence-corrected chi connectivity index (χ0v) is 19.7. The normalized spacial score (nSPS) is 10.5. The third-order valence-corrected chi connectivity index (χ3v) is 5.25. The lowest BCUT2D eigenvalue weighted by Gasteiger charge is -2.10. The standard InChI is InChI=1S/C22H25N3O8S/c1-4-32-22(29)19-15(8-13(2)3)12-34-21(19)24-17(26)11-33-18(27)10-23-20(28)14-6-5-7-16(9-14)25(30)31/h5-7,9,12-13H,4,8,10-11H2,1-3H3,(H,23,28)(H,24,26). The summed E-state index contributed by atoms with van der Waals surface area (Å²) in [6.45, 7) is 4.70. The number of non-ortho nitro benzene ring substituents is 1. The van der Waals surface area contributed by atoms with Gasteiger partial charge in [-0.05, 0) is 36.3 Å². The SMILES string of the molecule is CCOC(=O)c1c(CC(C)C)csc1NC(=O)COC(=O)CNC(=O)c1cccc([N+](=O)[O-])c1. The molecule has 2 aromatic rings. The second-order valence-corrected chi connectivity index (χ2v) is 8.36. The number of nitrogens with zero attached hydrogens (tertiary/aromatic N) is 1. The zero-order chi connectivity index (χ0) is 25.3. The first-order valence-corrected chi connectivity index (χ1v) is 11.3. The molecule has 0 aliphatic carbocycles. The summed E-state index contributed by atoms with van der Waals surface area (Å²) in [7, 11) is 0. The summed E-state index contributed by atoms with van der Waals surface area (Å²) >= 11 is 1.17. The summed E-state index contributed by atoms with van der Waals surface area (Å²) in [5.41, 5.74) is 0.777. The molecule has 0 saturated heterocycles. The van der Waals surface area contributed by atoms with Crippen LogP contribution in [0.4, 0.5) is 10.7 Å². The van der Waals surface area contributed by atoms with Crippen LogP contribution in [0, 0.1) is 16.0 Å². The van der Waals surface area contributed by atoms with Crippen molar-refractivity contribution in [1.29, 1.82) is 0 Å². The first-order valence-electron chi connectivity index (χ1n) is 10.4. The molecule has 34 heavy (non-hydrogen) atoms. The van der Waals surface area contributed by atoms with Crippen molar-refractivity contribution in [2.45, 2.75) is 27.2 Å². The van der Waals surface area contributed by atoms with E-state index in [0.29, 0.717) is 11.4 Å². The Bertz CT molecular complexity index is 1080. The maximum Gasteiger partial charge on any atom is 0.341 e. The van der Waals surface area contributed by atoms with E-state index in [1.54, 1.807) is 12.3 Å². The van der Waals surface area contributed by atoms with Gasteiger partial charge in [-0.3, -0.25) is 24.5 Å². The van der Waals surface area contributed by atoms with Crippen LogP contribution < -0.4 is 10.6 Å². The van der Waals surface area contributed by atoms with E-state index in [-0.39, 0.29) is 29.3 Å². The number of hydrogen-bond acceptors (Lipinski definition) is 9. The molecule has 182 valence electrons. The van der Waals surface area contributed by atoms with Crippen LogP contribution in [0.2, 0.25) is 0 Å². The Balaban J connectivity index is 1.90. The van der Waals surface area contributed by atoms with Gasteiger partial charge in [-0.1, -0.05) is 19.9 Å². The van der Waals surface area contributed by atoms with Gasteiger partial charge in [0, 0.05) is 17.7 Å². The van der Waals surface area contributed by atoms with Gasteiger partial charge in [-0.25, -0.2) is 4.79 Å². The van der Waals surface area contributed by atoms with Crippen molar-refractivity contribution in [2.75, 3.05) is 25.1 Å². The fourth-order valence-corrected chi connectivity index (χ4v) is 3.86. The van der Waals surface area contributed by atoms with Crippen molar-refractivity contribution in [3.8, 4) is 0 Å². The van der Waals surface area contributed by atoms with Gasteiger partial charge < -0.3 is 20.1 Å². The van der Waals surface area contributed by atoms with Gasteiger partial charge in [0.15, 0.2) is 6.61 Å². The molecule has 1 aromatic heterocycles. The Morgan fingerprint density at radius 3 is 2.56 bits per heavy atom. The van der Waals surface area contributed by atoms with Crippen molar-refractivity contribution >= 4 is 45.8 Å². The van der Waals surface area contributed by atoms with Crippen molar-refractivity contribution in [3.63, 3.8) is 0 Å². The third kappa shape index (κ3) is 7.66. The van der Waals surface area contributed by atoms with Gasteiger partial charge in [0.1, 0.15) is 11.5 Å². The number of amides is 2. The molecule has 1 heterocycles. The van der Waals surface area contributed by atoms with Crippen LogP contribution >= 0.6 is 11.3 Å². The fourth-order valence-electron chi connectivity index (χ4n) is 2.88. The highest BCUT2D eigenvalue weighted by Crippen LogP contribution is 2.31. The molecule has 2 N–H and O–H groups in total. The number of nitrogens with one attached hydrogen (secondary N) is 2. The van der Waals surface area contributed by atoms with E-state index in [2.05, 4.69) is 10.6 Å². The number of rotatable bonds is 11. The van der Waals surface area contributed by atoms with E-state index >= 15 is 0 Å². The molecule has 2 rings (SSSR count). The molecule has 0 spiro atoms. The smallest absolute Gasteiger partial charge is 0.341 e. The fraction of sp³-hybridized carbons (Fsp3) is 0.364. The van der Waals surface area contributed by atoms with Crippen LogP contribution in [-0.2, 0) is 25.5 Å². The molecule has 0 bridgehead atoms. The number of carbonyl (C=O) groups excluding carboxylic acids is 4. The van der Waals surface area contributed by atoms with Gasteiger partial charge in [0.25, 0.3) is 17.5 Å². The van der Waals surface area contributed by atoms with Crippen LogP contribution in [0.5, 0.6) is 0 Å². The van der Waals surface area contributed by atoms with Crippen LogP contribution in [0.1, 0.15) is 47.1 Å². The van der Waals surface area contributed by atoms with Gasteiger partial charge in [0.05, 0.1) is 17.1 Å². The van der Waals surface area contributed by atoms with Crippen LogP contribution in [-0.4, -0.2) is 48.4 Å².